The predicted molar refractivity (Wildman–Crippen MR) is 99.6 cm³/mol. The summed E-state index contributed by atoms with van der Waals surface area (Å²) in [5.74, 6) is 0.226. The third-order valence-corrected chi connectivity index (χ3v) is 4.59. The van der Waals surface area contributed by atoms with Crippen LogP contribution in [-0.4, -0.2) is 23.4 Å². The van der Waals surface area contributed by atoms with E-state index in [0.29, 0.717) is 35.6 Å². The second-order valence-corrected chi connectivity index (χ2v) is 6.67. The van der Waals surface area contributed by atoms with E-state index in [1.165, 1.54) is 0 Å². The zero-order chi connectivity index (χ0) is 18.7. The van der Waals surface area contributed by atoms with Crippen molar-refractivity contribution in [2.45, 2.75) is 39.2 Å². The van der Waals surface area contributed by atoms with Gasteiger partial charge >= 0.3 is 0 Å². The van der Waals surface area contributed by atoms with E-state index in [2.05, 4.69) is 5.32 Å². The fraction of sp³-hybridized carbons (Fsp3) is 0.333. The maximum absolute atomic E-state index is 12.4. The van der Waals surface area contributed by atoms with Crippen molar-refractivity contribution in [3.63, 3.8) is 0 Å². The number of fused-ring (bicyclic) bond motifs is 1. The minimum Gasteiger partial charge on any atom is -0.491 e. The van der Waals surface area contributed by atoms with E-state index in [1.54, 1.807) is 18.2 Å². The van der Waals surface area contributed by atoms with Gasteiger partial charge in [-0.25, -0.2) is 0 Å². The van der Waals surface area contributed by atoms with Crippen LogP contribution < -0.4 is 10.1 Å². The highest BCUT2D eigenvalue weighted by molar-refractivity contribution is 6.01. The van der Waals surface area contributed by atoms with Gasteiger partial charge in [-0.1, -0.05) is 29.8 Å². The molecule has 0 saturated heterocycles. The highest BCUT2D eigenvalue weighted by Gasteiger charge is 2.22. The summed E-state index contributed by atoms with van der Waals surface area (Å²) in [4.78, 5) is 24.7. The molecule has 0 bridgehead atoms. The van der Waals surface area contributed by atoms with Gasteiger partial charge in [-0.3, -0.25) is 9.59 Å². The molecule has 5 nitrogen and oxygen atoms in total. The van der Waals surface area contributed by atoms with E-state index in [-0.39, 0.29) is 24.5 Å². The predicted octanol–water partition coefficient (Wildman–Crippen LogP) is 3.72. The first-order valence-corrected chi connectivity index (χ1v) is 8.80. The third-order valence-electron chi connectivity index (χ3n) is 4.59. The van der Waals surface area contributed by atoms with Gasteiger partial charge in [0.15, 0.2) is 5.78 Å². The molecule has 2 aromatic rings. The van der Waals surface area contributed by atoms with Crippen molar-refractivity contribution in [3.8, 4) is 5.75 Å². The largest absolute Gasteiger partial charge is 0.491 e. The van der Waals surface area contributed by atoms with Crippen LogP contribution >= 0.6 is 0 Å². The second-order valence-electron chi connectivity index (χ2n) is 6.67. The molecule has 0 spiro atoms. The number of carbonyl (C=O) groups is 2. The second kappa shape index (κ2) is 7.70. The topological polar surface area (TPSA) is 75.6 Å². The molecule has 2 N–H and O–H groups in total. The number of aliphatic hydroxyl groups is 1. The summed E-state index contributed by atoms with van der Waals surface area (Å²) in [6, 6.07) is 11.0. The van der Waals surface area contributed by atoms with Gasteiger partial charge in [-0.2, -0.15) is 0 Å². The molecule has 1 amide bonds. The van der Waals surface area contributed by atoms with Crippen LogP contribution in [0.3, 0.4) is 0 Å². The van der Waals surface area contributed by atoms with Crippen molar-refractivity contribution in [2.75, 3.05) is 11.9 Å². The smallest absolute Gasteiger partial charge is 0.224 e. The summed E-state index contributed by atoms with van der Waals surface area (Å²) < 4.78 is 5.61. The first kappa shape index (κ1) is 18.1. The fourth-order valence-electron chi connectivity index (χ4n) is 3.12. The molecule has 0 aliphatic carbocycles. The Morgan fingerprint density at radius 3 is 2.81 bits per heavy atom. The van der Waals surface area contributed by atoms with Crippen molar-refractivity contribution in [1.29, 1.82) is 0 Å². The van der Waals surface area contributed by atoms with Crippen LogP contribution in [0.15, 0.2) is 36.4 Å². The Balaban J connectivity index is 1.64. The molecule has 0 saturated carbocycles. The van der Waals surface area contributed by atoms with Gasteiger partial charge in [0.05, 0.1) is 18.4 Å². The zero-order valence-electron chi connectivity index (χ0n) is 15.0. The fourth-order valence-corrected chi connectivity index (χ4v) is 3.12. The first-order chi connectivity index (χ1) is 12.5. The lowest BCUT2D eigenvalue weighted by atomic mass is 9.99. The molecule has 1 aliphatic rings. The molecule has 0 aromatic heterocycles. The standard InChI is InChI=1S/C21H23NO4/c1-13-6-7-14(2)16(12-13)18(23)8-9-20(25)22-17-5-3-4-15-19(24)10-11-26-21(15)17/h3-7,12,19,24H,8-11H2,1-2H3,(H,22,25). The van der Waals surface area contributed by atoms with Crippen LogP contribution in [-0.2, 0) is 4.79 Å². The van der Waals surface area contributed by atoms with Crippen molar-refractivity contribution in [1.82, 2.24) is 0 Å². The number of para-hydroxylation sites is 1. The van der Waals surface area contributed by atoms with Crippen LogP contribution in [0.5, 0.6) is 5.75 Å². The molecule has 0 radical (unpaired) electrons. The minimum absolute atomic E-state index is 0.0388. The molecule has 0 fully saturated rings. The number of nitrogens with one attached hydrogen (secondary N) is 1. The quantitative estimate of drug-likeness (QED) is 0.803. The summed E-state index contributed by atoms with van der Waals surface area (Å²) >= 11 is 0. The molecule has 136 valence electrons. The summed E-state index contributed by atoms with van der Waals surface area (Å²) in [6.45, 7) is 4.24. The van der Waals surface area contributed by atoms with Gasteiger partial charge in [0.2, 0.25) is 5.91 Å². The van der Waals surface area contributed by atoms with Gasteiger partial charge in [0.1, 0.15) is 5.75 Å². The normalized spacial score (nSPS) is 15.7. The average molecular weight is 353 g/mol. The van der Waals surface area contributed by atoms with E-state index in [0.717, 1.165) is 11.1 Å². The number of Topliss-reactive ketones (excluding diaryl/α,β-unsaturated/α-hetero) is 1. The number of aliphatic hydroxyl groups excluding tert-OH is 1. The van der Waals surface area contributed by atoms with E-state index < -0.39 is 6.10 Å². The Hall–Kier alpha value is -2.66. The van der Waals surface area contributed by atoms with Crippen molar-refractivity contribution >= 4 is 17.4 Å². The van der Waals surface area contributed by atoms with Crippen molar-refractivity contribution < 1.29 is 19.4 Å². The summed E-state index contributed by atoms with van der Waals surface area (Å²) in [5.41, 5.74) is 3.82. The molecule has 1 heterocycles. The van der Waals surface area contributed by atoms with Gasteiger partial charge in [0.25, 0.3) is 0 Å². The van der Waals surface area contributed by atoms with Crippen molar-refractivity contribution in [3.05, 3.63) is 58.7 Å². The van der Waals surface area contributed by atoms with Gasteiger partial charge in [-0.05, 0) is 31.5 Å². The first-order valence-electron chi connectivity index (χ1n) is 8.80. The summed E-state index contributed by atoms with van der Waals surface area (Å²) in [7, 11) is 0. The van der Waals surface area contributed by atoms with Gasteiger partial charge < -0.3 is 15.2 Å². The number of benzene rings is 2. The van der Waals surface area contributed by atoms with Crippen LogP contribution in [0.1, 0.15) is 52.4 Å². The monoisotopic (exact) mass is 353 g/mol. The lowest BCUT2D eigenvalue weighted by Crippen LogP contribution is -2.18. The van der Waals surface area contributed by atoms with Crippen molar-refractivity contribution in [2.24, 2.45) is 0 Å². The Morgan fingerprint density at radius 1 is 1.19 bits per heavy atom. The molecular weight excluding hydrogens is 330 g/mol. The Kier molecular flexibility index (Phi) is 5.38. The van der Waals surface area contributed by atoms with E-state index >= 15 is 0 Å². The average Bonchev–Trinajstić information content (AvgIpc) is 2.62. The molecule has 1 unspecified atom stereocenters. The van der Waals surface area contributed by atoms with Gasteiger partial charge in [0, 0.05) is 30.4 Å². The number of hydrogen-bond donors (Lipinski definition) is 2. The molecule has 26 heavy (non-hydrogen) atoms. The lowest BCUT2D eigenvalue weighted by Gasteiger charge is -2.24. The minimum atomic E-state index is -0.582. The number of ether oxygens (including phenoxy) is 1. The number of anilines is 1. The summed E-state index contributed by atoms with van der Waals surface area (Å²) in [6.07, 6.45) is 0.198. The molecule has 5 heteroatoms. The SMILES string of the molecule is Cc1ccc(C)c(C(=O)CCC(=O)Nc2cccc3c2OCCC3O)c1. The number of hydrogen-bond acceptors (Lipinski definition) is 4. The van der Waals surface area contributed by atoms with E-state index in [9.17, 15) is 14.7 Å². The zero-order valence-corrected chi connectivity index (χ0v) is 15.0. The highest BCUT2D eigenvalue weighted by Crippen LogP contribution is 2.37. The van der Waals surface area contributed by atoms with Crippen LogP contribution in [0, 0.1) is 13.8 Å². The Labute approximate surface area is 153 Å². The number of aryl methyl sites for hydroxylation is 2. The Morgan fingerprint density at radius 2 is 2.00 bits per heavy atom. The molecular formula is C21H23NO4. The van der Waals surface area contributed by atoms with E-state index in [4.69, 9.17) is 4.74 Å². The number of ketones is 1. The number of carbonyl (C=O) groups excluding carboxylic acids is 2. The number of rotatable bonds is 5. The molecule has 1 aliphatic heterocycles. The van der Waals surface area contributed by atoms with Gasteiger partial charge in [-0.15, -0.1) is 0 Å². The number of amides is 1. The molecule has 2 aromatic carbocycles. The maximum Gasteiger partial charge on any atom is 0.224 e. The maximum atomic E-state index is 12.4. The van der Waals surface area contributed by atoms with Crippen LogP contribution in [0.4, 0.5) is 5.69 Å². The van der Waals surface area contributed by atoms with Crippen LogP contribution in [0.25, 0.3) is 0 Å². The highest BCUT2D eigenvalue weighted by atomic mass is 16.5. The molecule has 1 atom stereocenters. The Bertz CT molecular complexity index is 844. The summed E-state index contributed by atoms with van der Waals surface area (Å²) in [5, 5.41) is 12.8. The van der Waals surface area contributed by atoms with E-state index in [1.807, 2.05) is 32.0 Å². The van der Waals surface area contributed by atoms with Crippen LogP contribution in [0.2, 0.25) is 0 Å². The molecule has 3 rings (SSSR count). The lowest BCUT2D eigenvalue weighted by molar-refractivity contribution is -0.116. The third kappa shape index (κ3) is 3.94.